The van der Waals surface area contributed by atoms with Crippen LogP contribution in [0.4, 0.5) is 0 Å². The van der Waals surface area contributed by atoms with Crippen LogP contribution in [0.5, 0.6) is 0 Å². The zero-order valence-electron chi connectivity index (χ0n) is 25.8. The molecule has 4 saturated carbocycles. The largest absolute Gasteiger partial charge is 0.428 e. The van der Waals surface area contributed by atoms with Crippen molar-refractivity contribution in [2.75, 3.05) is 13.0 Å². The van der Waals surface area contributed by atoms with Crippen molar-refractivity contribution in [3.05, 3.63) is 0 Å². The van der Waals surface area contributed by atoms with Crippen molar-refractivity contribution in [2.45, 2.75) is 116 Å². The first-order valence-electron chi connectivity index (χ1n) is 16.1. The minimum atomic E-state index is -4.49. The molecule has 4 rings (SSSR count). The summed E-state index contributed by atoms with van der Waals surface area (Å²) in [7, 11) is -4.49. The second-order valence-corrected chi connectivity index (χ2v) is 16.4. The first-order chi connectivity index (χ1) is 20.0. The molecule has 4 aliphatic rings. The topological polar surface area (TPSA) is 191 Å². The van der Waals surface area contributed by atoms with Gasteiger partial charge in [-0.25, -0.2) is 0 Å². The van der Waals surface area contributed by atoms with Crippen LogP contribution >= 0.6 is 7.60 Å². The molecule has 248 valence electrons. The first-order valence-corrected chi connectivity index (χ1v) is 17.9. The highest BCUT2D eigenvalue weighted by Gasteiger charge is 2.62. The molecule has 0 amide bonds. The van der Waals surface area contributed by atoms with Crippen molar-refractivity contribution < 1.29 is 53.8 Å². The van der Waals surface area contributed by atoms with Gasteiger partial charge >= 0.3 is 19.5 Å². The van der Waals surface area contributed by atoms with Gasteiger partial charge in [0.25, 0.3) is 0 Å². The molecule has 0 saturated heterocycles. The van der Waals surface area contributed by atoms with Gasteiger partial charge in [0.2, 0.25) is 6.79 Å². The van der Waals surface area contributed by atoms with Gasteiger partial charge in [-0.1, -0.05) is 20.8 Å². The monoisotopic (exact) mass is 632 g/mol. The van der Waals surface area contributed by atoms with Crippen LogP contribution in [0.15, 0.2) is 0 Å². The number of carbonyl (C=O) groups excluding carboxylic acids is 2. The Labute approximate surface area is 254 Å². The lowest BCUT2D eigenvalue weighted by Crippen LogP contribution is -2.58. The molecular formula is C31H53O11P. The molecule has 0 aliphatic heterocycles. The Kier molecular flexibility index (Phi) is 11.1. The van der Waals surface area contributed by atoms with E-state index in [1.165, 1.54) is 0 Å². The average Bonchev–Trinajstić information content (AvgIpc) is 3.27. The maximum Gasteiger partial charge on any atom is 0.326 e. The third-order valence-corrected chi connectivity index (χ3v) is 13.2. The van der Waals surface area contributed by atoms with Gasteiger partial charge < -0.3 is 39.7 Å². The van der Waals surface area contributed by atoms with Crippen LogP contribution in [-0.2, 0) is 23.6 Å². The Morgan fingerprint density at radius 3 is 2.12 bits per heavy atom. The van der Waals surface area contributed by atoms with E-state index >= 15 is 0 Å². The van der Waals surface area contributed by atoms with E-state index in [9.17, 15) is 34.6 Å². The Hall–Kier alpha value is -1.07. The minimum Gasteiger partial charge on any atom is -0.428 e. The van der Waals surface area contributed by atoms with E-state index in [0.29, 0.717) is 36.0 Å². The standard InChI is InChI=1S/C31H53O11P/c1-18(4-8-26(34)41-17-42-27(35)9-5-19(29(36)37)16-43(38,39)40)22-6-7-23-28-24(11-13-31(22,23)3)30(2)12-10-21(32)14-20(30)15-25(28)33/h18-25,28-29,32-33,36-37H,4-17H2,1-3H3,(H2,38,39,40)/t18-,19?,20+,21-,22?,23?,24?,25+,28?,30+,31-/m1/s1. The van der Waals surface area contributed by atoms with E-state index in [1.54, 1.807) is 0 Å². The predicted molar refractivity (Wildman–Crippen MR) is 156 cm³/mol. The molecule has 12 heteroatoms. The number of esters is 2. The van der Waals surface area contributed by atoms with Gasteiger partial charge in [0.15, 0.2) is 6.29 Å². The second kappa shape index (κ2) is 13.7. The van der Waals surface area contributed by atoms with Crippen molar-refractivity contribution in [2.24, 2.45) is 52.3 Å². The molecule has 5 unspecified atom stereocenters. The Bertz CT molecular complexity index is 1030. The molecule has 43 heavy (non-hydrogen) atoms. The molecule has 0 radical (unpaired) electrons. The number of ether oxygens (including phenoxy) is 2. The maximum absolute atomic E-state index is 12.4. The van der Waals surface area contributed by atoms with Crippen molar-refractivity contribution in [3.63, 3.8) is 0 Å². The summed E-state index contributed by atoms with van der Waals surface area (Å²) in [5.41, 5.74) is 0.296. The van der Waals surface area contributed by atoms with Crippen LogP contribution in [0, 0.1) is 52.3 Å². The van der Waals surface area contributed by atoms with Crippen LogP contribution in [0.1, 0.15) is 97.8 Å². The third kappa shape index (κ3) is 7.84. The number of hydrogen-bond donors (Lipinski definition) is 6. The zero-order valence-corrected chi connectivity index (χ0v) is 26.7. The molecule has 0 bridgehead atoms. The van der Waals surface area contributed by atoms with Crippen molar-refractivity contribution >= 4 is 19.5 Å². The molecule has 0 aromatic rings. The molecule has 4 aliphatic carbocycles. The molecule has 0 spiro atoms. The highest BCUT2D eigenvalue weighted by Crippen LogP contribution is 2.68. The quantitative estimate of drug-likeness (QED) is 0.105. The normalized spacial score (nSPS) is 38.9. The lowest BCUT2D eigenvalue weighted by atomic mass is 9.43. The van der Waals surface area contributed by atoms with E-state index < -0.39 is 44.7 Å². The van der Waals surface area contributed by atoms with E-state index in [4.69, 9.17) is 19.3 Å². The summed E-state index contributed by atoms with van der Waals surface area (Å²) < 4.78 is 21.1. The summed E-state index contributed by atoms with van der Waals surface area (Å²) in [6, 6.07) is 0. The second-order valence-electron chi connectivity index (χ2n) is 14.7. The average molecular weight is 633 g/mol. The molecule has 0 heterocycles. The highest BCUT2D eigenvalue weighted by atomic mass is 31.2. The van der Waals surface area contributed by atoms with Gasteiger partial charge in [-0.15, -0.1) is 0 Å². The van der Waals surface area contributed by atoms with Crippen molar-refractivity contribution in [1.82, 2.24) is 0 Å². The van der Waals surface area contributed by atoms with Crippen LogP contribution in [0.2, 0.25) is 0 Å². The third-order valence-electron chi connectivity index (χ3n) is 12.3. The van der Waals surface area contributed by atoms with Crippen LogP contribution < -0.4 is 0 Å². The fraction of sp³-hybridized carbons (Fsp3) is 0.935. The lowest BCUT2D eigenvalue weighted by molar-refractivity contribution is -0.174. The minimum absolute atomic E-state index is 0.109. The van der Waals surface area contributed by atoms with Crippen LogP contribution in [0.25, 0.3) is 0 Å². The summed E-state index contributed by atoms with van der Waals surface area (Å²) in [6.45, 7) is 6.43. The number of carbonyl (C=O) groups is 2. The molecule has 6 N–H and O–H groups in total. The maximum atomic E-state index is 12.4. The summed E-state index contributed by atoms with van der Waals surface area (Å²) in [4.78, 5) is 42.5. The predicted octanol–water partition coefficient (Wildman–Crippen LogP) is 3.32. The number of rotatable bonds is 12. The fourth-order valence-corrected chi connectivity index (χ4v) is 11.0. The molecule has 0 aromatic heterocycles. The lowest BCUT2D eigenvalue weighted by Gasteiger charge is -2.62. The van der Waals surface area contributed by atoms with E-state index in [0.717, 1.165) is 51.4 Å². The van der Waals surface area contributed by atoms with Gasteiger partial charge in [0.05, 0.1) is 18.4 Å². The summed E-state index contributed by atoms with van der Waals surface area (Å²) in [6.07, 6.45) is 4.90. The Balaban J connectivity index is 1.22. The molecular weight excluding hydrogens is 579 g/mol. The first kappa shape index (κ1) is 34.8. The summed E-state index contributed by atoms with van der Waals surface area (Å²) in [5, 5.41) is 40.3. The summed E-state index contributed by atoms with van der Waals surface area (Å²) >= 11 is 0. The molecule has 4 fully saturated rings. The van der Waals surface area contributed by atoms with Crippen LogP contribution in [0.3, 0.4) is 0 Å². The SMILES string of the molecule is C[C@H](CCC(=O)OCOC(=O)CCC(CP(=O)(O)O)C(O)O)C1CCC2C3C(CC[C@@]21C)[C@@]1(C)CC[C@@H](O)C[C@H]1C[C@@H]3O. The van der Waals surface area contributed by atoms with Gasteiger partial charge in [-0.05, 0) is 111 Å². The van der Waals surface area contributed by atoms with E-state index in [-0.39, 0.29) is 48.2 Å². The highest BCUT2D eigenvalue weighted by molar-refractivity contribution is 7.51. The van der Waals surface area contributed by atoms with Gasteiger partial charge in [0.1, 0.15) is 0 Å². The van der Waals surface area contributed by atoms with Gasteiger partial charge in [-0.2, -0.15) is 0 Å². The molecule has 0 aromatic carbocycles. The van der Waals surface area contributed by atoms with Crippen LogP contribution in [-0.4, -0.2) is 73.6 Å². The zero-order chi connectivity index (χ0) is 31.7. The number of hydrogen-bond acceptors (Lipinski definition) is 9. The smallest absolute Gasteiger partial charge is 0.326 e. The number of aliphatic hydroxyl groups is 4. The fourth-order valence-electron chi connectivity index (χ4n) is 9.97. The van der Waals surface area contributed by atoms with Crippen molar-refractivity contribution in [1.29, 1.82) is 0 Å². The van der Waals surface area contributed by atoms with Gasteiger partial charge in [0, 0.05) is 18.8 Å². The number of aliphatic hydroxyl groups excluding tert-OH is 3. The van der Waals surface area contributed by atoms with E-state index in [1.807, 2.05) is 0 Å². The van der Waals surface area contributed by atoms with Gasteiger partial charge in [-0.3, -0.25) is 14.2 Å². The Morgan fingerprint density at radius 1 is 0.884 bits per heavy atom. The molecule has 11 nitrogen and oxygen atoms in total. The summed E-state index contributed by atoms with van der Waals surface area (Å²) in [5.74, 6) is -0.0862. The Morgan fingerprint density at radius 2 is 1.49 bits per heavy atom. The van der Waals surface area contributed by atoms with Crippen molar-refractivity contribution in [3.8, 4) is 0 Å². The molecule has 11 atom stereocenters. The van der Waals surface area contributed by atoms with E-state index in [2.05, 4.69) is 20.8 Å². The number of fused-ring (bicyclic) bond motifs is 5.